The van der Waals surface area contributed by atoms with E-state index in [1.807, 2.05) is 13.8 Å². The standard InChI is InChI=1S/C17H20ClF2N3O3/c1-10-15(18)11(2)23(22-10)8-4-7-21-16(24)12-5-6-13(26-17(19)20)14(9-12)25-3/h5-6,9,17H,4,7-8H2,1-3H3,(H,21,24). The molecular formula is C17H20ClF2N3O3. The van der Waals surface area contributed by atoms with Gasteiger partial charge in [0.2, 0.25) is 0 Å². The summed E-state index contributed by atoms with van der Waals surface area (Å²) >= 11 is 6.09. The molecule has 0 saturated heterocycles. The van der Waals surface area contributed by atoms with E-state index in [1.165, 1.54) is 25.3 Å². The summed E-state index contributed by atoms with van der Waals surface area (Å²) in [6.45, 7) is 1.79. The molecule has 0 bridgehead atoms. The van der Waals surface area contributed by atoms with Gasteiger partial charge in [0.15, 0.2) is 11.5 Å². The predicted molar refractivity (Wildman–Crippen MR) is 93.3 cm³/mol. The van der Waals surface area contributed by atoms with Crippen LogP contribution in [0.5, 0.6) is 11.5 Å². The second kappa shape index (κ2) is 8.84. The van der Waals surface area contributed by atoms with Gasteiger partial charge in [0, 0.05) is 18.7 Å². The van der Waals surface area contributed by atoms with E-state index in [0.29, 0.717) is 24.5 Å². The van der Waals surface area contributed by atoms with Crippen LogP contribution in [0.25, 0.3) is 0 Å². The van der Waals surface area contributed by atoms with Crippen LogP contribution in [0.3, 0.4) is 0 Å². The summed E-state index contributed by atoms with van der Waals surface area (Å²) < 4.78 is 35.8. The number of hydrogen-bond acceptors (Lipinski definition) is 4. The topological polar surface area (TPSA) is 65.4 Å². The van der Waals surface area contributed by atoms with E-state index in [2.05, 4.69) is 15.2 Å². The number of alkyl halides is 2. The zero-order chi connectivity index (χ0) is 19.3. The molecule has 2 aromatic rings. The second-order valence-electron chi connectivity index (χ2n) is 5.56. The zero-order valence-electron chi connectivity index (χ0n) is 14.7. The van der Waals surface area contributed by atoms with Gasteiger partial charge >= 0.3 is 6.61 Å². The monoisotopic (exact) mass is 387 g/mol. The molecule has 142 valence electrons. The van der Waals surface area contributed by atoms with E-state index in [0.717, 1.165) is 11.4 Å². The van der Waals surface area contributed by atoms with Crippen LogP contribution < -0.4 is 14.8 Å². The van der Waals surface area contributed by atoms with Crippen molar-refractivity contribution in [1.82, 2.24) is 15.1 Å². The van der Waals surface area contributed by atoms with Crippen LogP contribution in [-0.2, 0) is 6.54 Å². The van der Waals surface area contributed by atoms with Gasteiger partial charge in [-0.15, -0.1) is 0 Å². The average molecular weight is 388 g/mol. The minimum Gasteiger partial charge on any atom is -0.493 e. The van der Waals surface area contributed by atoms with E-state index in [9.17, 15) is 13.6 Å². The van der Waals surface area contributed by atoms with Crippen LogP contribution in [0.2, 0.25) is 5.02 Å². The number of carbonyl (C=O) groups excluding carboxylic acids is 1. The second-order valence-corrected chi connectivity index (χ2v) is 5.94. The Morgan fingerprint density at radius 1 is 1.35 bits per heavy atom. The summed E-state index contributed by atoms with van der Waals surface area (Å²) in [5.74, 6) is -0.394. The first-order chi connectivity index (χ1) is 12.3. The van der Waals surface area contributed by atoms with Crippen LogP contribution in [-0.4, -0.2) is 36.0 Å². The normalized spacial score (nSPS) is 10.9. The molecule has 0 unspecified atom stereocenters. The number of nitrogens with one attached hydrogen (secondary N) is 1. The van der Waals surface area contributed by atoms with Gasteiger partial charge in [0.1, 0.15) is 0 Å². The van der Waals surface area contributed by atoms with E-state index in [-0.39, 0.29) is 23.0 Å². The van der Waals surface area contributed by atoms with Crippen molar-refractivity contribution in [1.29, 1.82) is 0 Å². The molecule has 0 saturated carbocycles. The Kier molecular flexibility index (Phi) is 6.79. The molecule has 0 aliphatic carbocycles. The molecular weight excluding hydrogens is 368 g/mol. The highest BCUT2D eigenvalue weighted by Crippen LogP contribution is 2.29. The molecule has 6 nitrogen and oxygen atoms in total. The minimum atomic E-state index is -2.97. The molecule has 26 heavy (non-hydrogen) atoms. The van der Waals surface area contributed by atoms with Gasteiger partial charge in [-0.2, -0.15) is 13.9 Å². The zero-order valence-corrected chi connectivity index (χ0v) is 15.4. The van der Waals surface area contributed by atoms with Gasteiger partial charge < -0.3 is 14.8 Å². The van der Waals surface area contributed by atoms with E-state index < -0.39 is 6.61 Å². The van der Waals surface area contributed by atoms with Gasteiger partial charge in [-0.1, -0.05) is 11.6 Å². The first kappa shape index (κ1) is 20.0. The third-order valence-electron chi connectivity index (χ3n) is 3.77. The molecule has 2 rings (SSSR count). The lowest BCUT2D eigenvalue weighted by atomic mass is 10.2. The van der Waals surface area contributed by atoms with E-state index in [1.54, 1.807) is 4.68 Å². The first-order valence-corrected chi connectivity index (χ1v) is 8.31. The lowest BCUT2D eigenvalue weighted by Crippen LogP contribution is -2.25. The molecule has 0 fully saturated rings. The first-order valence-electron chi connectivity index (χ1n) is 7.94. The number of carbonyl (C=O) groups is 1. The van der Waals surface area contributed by atoms with Crippen molar-refractivity contribution in [3.05, 3.63) is 40.2 Å². The number of aromatic nitrogens is 2. The molecule has 0 aliphatic heterocycles. The Morgan fingerprint density at radius 3 is 2.65 bits per heavy atom. The van der Waals surface area contributed by atoms with Crippen LogP contribution in [0.4, 0.5) is 8.78 Å². The van der Waals surface area contributed by atoms with Crippen LogP contribution in [0.15, 0.2) is 18.2 Å². The Hall–Kier alpha value is -2.35. The van der Waals surface area contributed by atoms with Crippen molar-refractivity contribution in [2.75, 3.05) is 13.7 Å². The molecule has 0 aliphatic rings. The highest BCUT2D eigenvalue weighted by atomic mass is 35.5. The third-order valence-corrected chi connectivity index (χ3v) is 4.31. The van der Waals surface area contributed by atoms with Crippen molar-refractivity contribution < 1.29 is 23.0 Å². The Morgan fingerprint density at radius 2 is 2.08 bits per heavy atom. The number of aryl methyl sites for hydroxylation is 2. The summed E-state index contributed by atoms with van der Waals surface area (Å²) in [6, 6.07) is 4.03. The summed E-state index contributed by atoms with van der Waals surface area (Å²) in [5.41, 5.74) is 1.94. The lowest BCUT2D eigenvalue weighted by molar-refractivity contribution is -0.0512. The summed E-state index contributed by atoms with van der Waals surface area (Å²) in [6.07, 6.45) is 0.660. The van der Waals surface area contributed by atoms with Crippen molar-refractivity contribution in [3.63, 3.8) is 0 Å². The number of nitrogens with zero attached hydrogens (tertiary/aromatic N) is 2. The highest BCUT2D eigenvalue weighted by molar-refractivity contribution is 6.31. The Labute approximate surface area is 155 Å². The van der Waals surface area contributed by atoms with Gasteiger partial charge in [0.05, 0.1) is 23.5 Å². The maximum absolute atomic E-state index is 12.3. The molecule has 1 amide bonds. The molecule has 1 aromatic heterocycles. The number of halogens is 3. The Bertz CT molecular complexity index is 781. The quantitative estimate of drug-likeness (QED) is 0.703. The van der Waals surface area contributed by atoms with E-state index in [4.69, 9.17) is 16.3 Å². The fraction of sp³-hybridized carbons (Fsp3) is 0.412. The number of rotatable bonds is 8. The fourth-order valence-electron chi connectivity index (χ4n) is 2.43. The van der Waals surface area contributed by atoms with Gasteiger partial charge in [-0.3, -0.25) is 9.48 Å². The van der Waals surface area contributed by atoms with E-state index >= 15 is 0 Å². The molecule has 0 radical (unpaired) electrons. The molecule has 0 atom stereocenters. The smallest absolute Gasteiger partial charge is 0.387 e. The van der Waals surface area contributed by atoms with Crippen molar-refractivity contribution in [2.45, 2.75) is 33.4 Å². The number of methoxy groups -OCH3 is 1. The number of ether oxygens (including phenoxy) is 2. The molecule has 0 spiro atoms. The maximum Gasteiger partial charge on any atom is 0.387 e. The highest BCUT2D eigenvalue weighted by Gasteiger charge is 2.14. The van der Waals surface area contributed by atoms with Crippen LogP contribution in [0.1, 0.15) is 28.2 Å². The lowest BCUT2D eigenvalue weighted by Gasteiger charge is -2.11. The number of hydrogen-bond donors (Lipinski definition) is 1. The fourth-order valence-corrected chi connectivity index (χ4v) is 2.56. The van der Waals surface area contributed by atoms with Gasteiger partial charge in [-0.25, -0.2) is 0 Å². The predicted octanol–water partition coefficient (Wildman–Crippen LogP) is 3.58. The average Bonchev–Trinajstić information content (AvgIpc) is 2.85. The minimum absolute atomic E-state index is 0.0650. The number of amides is 1. The molecule has 1 heterocycles. The van der Waals surface area contributed by atoms with Crippen molar-refractivity contribution in [2.24, 2.45) is 0 Å². The largest absolute Gasteiger partial charge is 0.493 e. The van der Waals surface area contributed by atoms with Crippen LogP contribution >= 0.6 is 11.6 Å². The SMILES string of the molecule is COc1cc(C(=O)NCCCn2nc(C)c(Cl)c2C)ccc1OC(F)F. The summed E-state index contributed by atoms with van der Waals surface area (Å²) in [5, 5.41) is 7.73. The number of benzene rings is 1. The molecule has 1 aromatic carbocycles. The van der Waals surface area contributed by atoms with Crippen molar-refractivity contribution >= 4 is 17.5 Å². The summed E-state index contributed by atoms with van der Waals surface area (Å²) in [4.78, 5) is 12.2. The Balaban J connectivity index is 1.90. The summed E-state index contributed by atoms with van der Waals surface area (Å²) in [7, 11) is 1.31. The van der Waals surface area contributed by atoms with Gasteiger partial charge in [0.25, 0.3) is 5.91 Å². The van der Waals surface area contributed by atoms with Crippen LogP contribution in [0, 0.1) is 13.8 Å². The molecule has 1 N–H and O–H groups in total. The molecule has 9 heteroatoms. The maximum atomic E-state index is 12.3. The third kappa shape index (κ3) is 4.85. The van der Waals surface area contributed by atoms with Crippen molar-refractivity contribution in [3.8, 4) is 11.5 Å². The van der Waals surface area contributed by atoms with Gasteiger partial charge in [-0.05, 0) is 38.5 Å².